The molecule has 0 aliphatic heterocycles. The monoisotopic (exact) mass is 326 g/mol. The molecule has 0 heterocycles. The molecule has 0 spiro atoms. The molecule has 1 rings (SSSR count). The smallest absolute Gasteiger partial charge is 0.220 e. The molecule has 4 heteroatoms. The van der Waals surface area contributed by atoms with Crippen molar-refractivity contribution in [2.75, 3.05) is 6.54 Å². The van der Waals surface area contributed by atoms with Crippen LogP contribution >= 0.6 is 15.9 Å². The second-order valence-corrected chi connectivity index (χ2v) is 5.71. The minimum Gasteiger partial charge on any atom is -0.349 e. The highest BCUT2D eigenvalue weighted by atomic mass is 79.9. The Hall–Kier alpha value is -0.870. The van der Waals surface area contributed by atoms with Crippen LogP contribution in [0.25, 0.3) is 0 Å². The largest absolute Gasteiger partial charge is 0.349 e. The molecule has 0 fully saturated rings. The third kappa shape index (κ3) is 5.33. The molecule has 106 valence electrons. The van der Waals surface area contributed by atoms with Crippen LogP contribution in [0.3, 0.4) is 0 Å². The second-order valence-electron chi connectivity index (χ2n) is 4.79. The maximum Gasteiger partial charge on any atom is 0.220 e. The molecule has 1 aromatic rings. The Balaban J connectivity index is 2.61. The number of nitrogens with two attached hydrogens (primary N) is 1. The predicted molar refractivity (Wildman–Crippen MR) is 82.8 cm³/mol. The van der Waals surface area contributed by atoms with Gasteiger partial charge in [0.1, 0.15) is 0 Å². The standard InChI is InChI=1S/C15H23BrN2O/c1-3-11(10-17)9-15(19)18-14(4-2)12-5-7-13(16)8-6-12/h5-8,11,14H,3-4,9-10,17H2,1-2H3,(H,18,19). The molecular formula is C15H23BrN2O. The van der Waals surface area contributed by atoms with Crippen molar-refractivity contribution < 1.29 is 4.79 Å². The topological polar surface area (TPSA) is 55.1 Å². The first kappa shape index (κ1) is 16.2. The lowest BCUT2D eigenvalue weighted by Crippen LogP contribution is -2.31. The van der Waals surface area contributed by atoms with E-state index in [9.17, 15) is 4.79 Å². The first-order valence-electron chi connectivity index (χ1n) is 6.85. The highest BCUT2D eigenvalue weighted by Gasteiger charge is 2.15. The van der Waals surface area contributed by atoms with E-state index in [1.54, 1.807) is 0 Å². The average Bonchev–Trinajstić information content (AvgIpc) is 2.43. The Labute approximate surface area is 124 Å². The summed E-state index contributed by atoms with van der Waals surface area (Å²) in [6, 6.07) is 8.16. The molecule has 3 nitrogen and oxygen atoms in total. The summed E-state index contributed by atoms with van der Waals surface area (Å²) in [5.74, 6) is 0.370. The van der Waals surface area contributed by atoms with Gasteiger partial charge in [-0.25, -0.2) is 0 Å². The van der Waals surface area contributed by atoms with Crippen molar-refractivity contribution in [1.82, 2.24) is 5.32 Å². The summed E-state index contributed by atoms with van der Waals surface area (Å²) in [5.41, 5.74) is 6.78. The maximum absolute atomic E-state index is 12.0. The molecule has 3 N–H and O–H groups in total. The lowest BCUT2D eigenvalue weighted by atomic mass is 10.0. The molecule has 1 amide bonds. The van der Waals surface area contributed by atoms with E-state index >= 15 is 0 Å². The van der Waals surface area contributed by atoms with Gasteiger partial charge in [-0.15, -0.1) is 0 Å². The number of amides is 1. The molecule has 0 aliphatic rings. The van der Waals surface area contributed by atoms with Crippen molar-refractivity contribution in [3.8, 4) is 0 Å². The van der Waals surface area contributed by atoms with Crippen molar-refractivity contribution >= 4 is 21.8 Å². The number of benzene rings is 1. The van der Waals surface area contributed by atoms with Gasteiger partial charge in [0.25, 0.3) is 0 Å². The van der Waals surface area contributed by atoms with Crippen LogP contribution in [0.15, 0.2) is 28.7 Å². The number of carbonyl (C=O) groups is 1. The van der Waals surface area contributed by atoms with E-state index in [0.29, 0.717) is 13.0 Å². The minimum atomic E-state index is 0.0795. The Morgan fingerprint density at radius 2 is 1.89 bits per heavy atom. The maximum atomic E-state index is 12.0. The van der Waals surface area contributed by atoms with Gasteiger partial charge >= 0.3 is 0 Å². The number of nitrogens with one attached hydrogen (secondary N) is 1. The first-order valence-corrected chi connectivity index (χ1v) is 7.64. The fourth-order valence-corrected chi connectivity index (χ4v) is 2.29. The Morgan fingerprint density at radius 1 is 1.26 bits per heavy atom. The van der Waals surface area contributed by atoms with Crippen molar-refractivity contribution in [1.29, 1.82) is 0 Å². The van der Waals surface area contributed by atoms with E-state index in [-0.39, 0.29) is 17.9 Å². The van der Waals surface area contributed by atoms with Crippen LogP contribution in [0, 0.1) is 5.92 Å². The summed E-state index contributed by atoms with van der Waals surface area (Å²) in [6.45, 7) is 4.71. The van der Waals surface area contributed by atoms with Crippen LogP contribution < -0.4 is 11.1 Å². The molecular weight excluding hydrogens is 304 g/mol. The molecule has 0 bridgehead atoms. The molecule has 2 unspecified atom stereocenters. The molecule has 0 aromatic heterocycles. The molecule has 0 saturated carbocycles. The summed E-state index contributed by atoms with van der Waals surface area (Å²) in [5, 5.41) is 3.09. The highest BCUT2D eigenvalue weighted by Crippen LogP contribution is 2.20. The van der Waals surface area contributed by atoms with Crippen LogP contribution in [0.5, 0.6) is 0 Å². The Bertz CT molecular complexity index is 388. The highest BCUT2D eigenvalue weighted by molar-refractivity contribution is 9.10. The van der Waals surface area contributed by atoms with Crippen molar-refractivity contribution in [3.05, 3.63) is 34.3 Å². The van der Waals surface area contributed by atoms with Crippen LogP contribution in [-0.4, -0.2) is 12.5 Å². The van der Waals surface area contributed by atoms with E-state index in [1.807, 2.05) is 24.3 Å². The zero-order chi connectivity index (χ0) is 14.3. The van der Waals surface area contributed by atoms with Gasteiger partial charge in [0, 0.05) is 10.9 Å². The SMILES string of the molecule is CCC(CN)CC(=O)NC(CC)c1ccc(Br)cc1. The number of hydrogen-bond acceptors (Lipinski definition) is 2. The quantitative estimate of drug-likeness (QED) is 0.806. The second kappa shape index (κ2) is 8.33. The van der Waals surface area contributed by atoms with Crippen LogP contribution in [0.1, 0.15) is 44.7 Å². The lowest BCUT2D eigenvalue weighted by Gasteiger charge is -2.19. The van der Waals surface area contributed by atoms with Crippen LogP contribution in [0.4, 0.5) is 0 Å². The molecule has 19 heavy (non-hydrogen) atoms. The Morgan fingerprint density at radius 3 is 2.37 bits per heavy atom. The summed E-state index contributed by atoms with van der Waals surface area (Å²) in [7, 11) is 0. The van der Waals surface area contributed by atoms with Gasteiger partial charge in [-0.05, 0) is 36.6 Å². The summed E-state index contributed by atoms with van der Waals surface area (Å²) in [4.78, 5) is 12.0. The van der Waals surface area contributed by atoms with Gasteiger partial charge in [-0.1, -0.05) is 48.3 Å². The lowest BCUT2D eigenvalue weighted by molar-refractivity contribution is -0.122. The molecule has 2 atom stereocenters. The van der Waals surface area contributed by atoms with Gasteiger partial charge in [-0.3, -0.25) is 4.79 Å². The van der Waals surface area contributed by atoms with Gasteiger partial charge in [0.15, 0.2) is 0 Å². The fraction of sp³-hybridized carbons (Fsp3) is 0.533. The first-order chi connectivity index (χ1) is 9.10. The predicted octanol–water partition coefficient (Wildman–Crippen LogP) is 3.39. The zero-order valence-electron chi connectivity index (χ0n) is 11.7. The molecule has 1 aromatic carbocycles. The third-order valence-corrected chi connectivity index (χ3v) is 3.93. The van der Waals surface area contributed by atoms with Crippen LogP contribution in [0.2, 0.25) is 0 Å². The van der Waals surface area contributed by atoms with E-state index in [1.165, 1.54) is 0 Å². The number of rotatable bonds is 7. The third-order valence-electron chi connectivity index (χ3n) is 3.40. The van der Waals surface area contributed by atoms with Crippen LogP contribution in [-0.2, 0) is 4.79 Å². The summed E-state index contributed by atoms with van der Waals surface area (Å²) in [6.07, 6.45) is 2.34. The molecule has 0 radical (unpaired) electrons. The van der Waals surface area contributed by atoms with Crippen molar-refractivity contribution in [3.63, 3.8) is 0 Å². The molecule has 0 saturated heterocycles. The normalized spacial score (nSPS) is 13.9. The zero-order valence-corrected chi connectivity index (χ0v) is 13.2. The van der Waals surface area contributed by atoms with Crippen molar-refractivity contribution in [2.24, 2.45) is 11.7 Å². The van der Waals surface area contributed by atoms with E-state index < -0.39 is 0 Å². The van der Waals surface area contributed by atoms with E-state index in [0.717, 1.165) is 22.9 Å². The van der Waals surface area contributed by atoms with Gasteiger partial charge in [0.05, 0.1) is 6.04 Å². The van der Waals surface area contributed by atoms with Crippen molar-refractivity contribution in [2.45, 2.75) is 39.2 Å². The summed E-state index contributed by atoms with van der Waals surface area (Å²) >= 11 is 3.42. The van der Waals surface area contributed by atoms with E-state index in [4.69, 9.17) is 5.73 Å². The number of hydrogen-bond donors (Lipinski definition) is 2. The average molecular weight is 327 g/mol. The minimum absolute atomic E-state index is 0.0795. The number of carbonyl (C=O) groups excluding carboxylic acids is 1. The van der Waals surface area contributed by atoms with Gasteiger partial charge < -0.3 is 11.1 Å². The fourth-order valence-electron chi connectivity index (χ4n) is 2.03. The van der Waals surface area contributed by atoms with Gasteiger partial charge in [-0.2, -0.15) is 0 Å². The van der Waals surface area contributed by atoms with Gasteiger partial charge in [0.2, 0.25) is 5.91 Å². The number of halogens is 1. The Kier molecular flexibility index (Phi) is 7.10. The summed E-state index contributed by atoms with van der Waals surface area (Å²) < 4.78 is 1.05. The van der Waals surface area contributed by atoms with E-state index in [2.05, 4.69) is 35.1 Å². The molecule has 0 aliphatic carbocycles.